The molecule has 0 aliphatic rings. The average Bonchev–Trinajstić information content (AvgIpc) is 2.79. The summed E-state index contributed by atoms with van der Waals surface area (Å²) in [5.74, 6) is 0.157. The number of nitrogens with two attached hydrogens (primary N) is 1. The normalized spacial score (nSPS) is 10.8. The summed E-state index contributed by atoms with van der Waals surface area (Å²) in [5.41, 5.74) is 6.37. The first kappa shape index (κ1) is 14.7. The largest absolute Gasteiger partial charge is 0.398 e. The quantitative estimate of drug-likeness (QED) is 0.850. The summed E-state index contributed by atoms with van der Waals surface area (Å²) >= 11 is 7.38. The summed E-state index contributed by atoms with van der Waals surface area (Å²) in [6, 6.07) is 4.94. The smallest absolute Gasteiger partial charge is 0.259 e. The maximum absolute atomic E-state index is 12.1. The van der Waals surface area contributed by atoms with Crippen LogP contribution in [0.2, 0.25) is 5.02 Å². The predicted molar refractivity (Wildman–Crippen MR) is 82.3 cm³/mol. The molecule has 7 heteroatoms. The van der Waals surface area contributed by atoms with Gasteiger partial charge in [0, 0.05) is 6.42 Å². The Morgan fingerprint density at radius 1 is 1.45 bits per heavy atom. The van der Waals surface area contributed by atoms with Gasteiger partial charge in [-0.2, -0.15) is 0 Å². The van der Waals surface area contributed by atoms with E-state index in [1.807, 2.05) is 0 Å². The molecule has 1 amide bonds. The third-order valence-electron chi connectivity index (χ3n) is 2.54. The van der Waals surface area contributed by atoms with E-state index in [4.69, 9.17) is 17.3 Å². The van der Waals surface area contributed by atoms with Crippen LogP contribution in [0, 0.1) is 5.92 Å². The molecular formula is C13H15ClN4OS. The Morgan fingerprint density at radius 3 is 2.90 bits per heavy atom. The lowest BCUT2D eigenvalue weighted by Crippen LogP contribution is -2.12. The molecule has 20 heavy (non-hydrogen) atoms. The number of halogens is 1. The molecule has 0 saturated carbocycles. The number of rotatable bonds is 4. The number of amides is 1. The van der Waals surface area contributed by atoms with Crippen LogP contribution in [-0.4, -0.2) is 16.1 Å². The van der Waals surface area contributed by atoms with E-state index < -0.39 is 0 Å². The van der Waals surface area contributed by atoms with Gasteiger partial charge in [0.05, 0.1) is 16.3 Å². The number of benzene rings is 1. The first-order valence-corrected chi connectivity index (χ1v) is 7.34. The second kappa shape index (κ2) is 6.19. The molecule has 2 aromatic rings. The van der Waals surface area contributed by atoms with Gasteiger partial charge in [0.25, 0.3) is 5.91 Å². The summed E-state index contributed by atoms with van der Waals surface area (Å²) in [6.07, 6.45) is 0.840. The summed E-state index contributed by atoms with van der Waals surface area (Å²) in [7, 11) is 0. The molecule has 0 fully saturated rings. The summed E-state index contributed by atoms with van der Waals surface area (Å²) in [5, 5.41) is 12.3. The van der Waals surface area contributed by atoms with E-state index in [1.54, 1.807) is 18.2 Å². The molecule has 0 aliphatic carbocycles. The monoisotopic (exact) mass is 310 g/mol. The number of anilines is 2. The van der Waals surface area contributed by atoms with Crippen molar-refractivity contribution in [1.29, 1.82) is 0 Å². The van der Waals surface area contributed by atoms with Crippen molar-refractivity contribution in [3.8, 4) is 0 Å². The minimum absolute atomic E-state index is 0.247. The second-order valence-electron chi connectivity index (χ2n) is 4.76. The lowest BCUT2D eigenvalue weighted by molar-refractivity contribution is 0.102. The minimum atomic E-state index is -0.338. The first-order valence-electron chi connectivity index (χ1n) is 6.15. The predicted octanol–water partition coefficient (Wildman–Crippen LogP) is 3.22. The van der Waals surface area contributed by atoms with Gasteiger partial charge in [0.2, 0.25) is 5.13 Å². The lowest BCUT2D eigenvalue weighted by atomic mass is 10.1. The van der Waals surface area contributed by atoms with Crippen LogP contribution in [0.25, 0.3) is 0 Å². The van der Waals surface area contributed by atoms with Crippen molar-refractivity contribution in [2.45, 2.75) is 20.3 Å². The van der Waals surface area contributed by atoms with E-state index in [2.05, 4.69) is 29.4 Å². The van der Waals surface area contributed by atoms with Crippen molar-refractivity contribution in [3.63, 3.8) is 0 Å². The van der Waals surface area contributed by atoms with Gasteiger partial charge in [-0.25, -0.2) is 0 Å². The highest BCUT2D eigenvalue weighted by molar-refractivity contribution is 7.15. The molecule has 0 unspecified atom stereocenters. The number of hydrogen-bond acceptors (Lipinski definition) is 5. The van der Waals surface area contributed by atoms with E-state index in [0.29, 0.717) is 22.3 Å². The first-order chi connectivity index (χ1) is 9.47. The molecule has 0 spiro atoms. The number of nitrogens with one attached hydrogen (secondary N) is 1. The molecule has 1 aromatic carbocycles. The highest BCUT2D eigenvalue weighted by Crippen LogP contribution is 2.25. The number of nitrogen functional groups attached to an aromatic ring is 1. The minimum Gasteiger partial charge on any atom is -0.398 e. The Kier molecular flexibility index (Phi) is 4.57. The van der Waals surface area contributed by atoms with E-state index in [-0.39, 0.29) is 10.9 Å². The Labute approximate surface area is 126 Å². The molecule has 1 heterocycles. The molecule has 0 radical (unpaired) electrons. The molecule has 0 atom stereocenters. The van der Waals surface area contributed by atoms with Crippen molar-refractivity contribution < 1.29 is 4.79 Å². The topological polar surface area (TPSA) is 80.9 Å². The molecule has 0 bridgehead atoms. The van der Waals surface area contributed by atoms with Crippen molar-refractivity contribution in [3.05, 3.63) is 33.8 Å². The summed E-state index contributed by atoms with van der Waals surface area (Å²) in [4.78, 5) is 12.1. The zero-order valence-corrected chi connectivity index (χ0v) is 12.8. The fraction of sp³-hybridized carbons (Fsp3) is 0.308. The molecule has 3 N–H and O–H groups in total. The highest BCUT2D eigenvalue weighted by atomic mass is 35.5. The van der Waals surface area contributed by atoms with E-state index in [1.165, 1.54) is 11.3 Å². The van der Waals surface area contributed by atoms with Crippen molar-refractivity contribution in [2.75, 3.05) is 11.1 Å². The number of nitrogens with zero attached hydrogens (tertiary/aromatic N) is 2. The Bertz CT molecular complexity index is 627. The number of carbonyl (C=O) groups is 1. The second-order valence-corrected chi connectivity index (χ2v) is 6.20. The Morgan fingerprint density at radius 2 is 2.20 bits per heavy atom. The van der Waals surface area contributed by atoms with Crippen LogP contribution >= 0.6 is 22.9 Å². The summed E-state index contributed by atoms with van der Waals surface area (Å²) < 4.78 is 0. The van der Waals surface area contributed by atoms with Crippen LogP contribution in [0.5, 0.6) is 0 Å². The van der Waals surface area contributed by atoms with Gasteiger partial charge in [-0.05, 0) is 18.1 Å². The number of aromatic nitrogens is 2. The van der Waals surface area contributed by atoms with Gasteiger partial charge in [0.15, 0.2) is 0 Å². The van der Waals surface area contributed by atoms with E-state index in [9.17, 15) is 4.79 Å². The van der Waals surface area contributed by atoms with Crippen LogP contribution in [0.3, 0.4) is 0 Å². The van der Waals surface area contributed by atoms with Gasteiger partial charge in [-0.1, -0.05) is 42.9 Å². The molecule has 2 rings (SSSR count). The standard InChI is InChI=1S/C13H15ClN4OS/c1-7(2)6-10-17-18-13(20-10)16-12(19)8-4-3-5-9(15)11(8)14/h3-5,7H,6,15H2,1-2H3,(H,16,18,19). The molecular weight excluding hydrogens is 296 g/mol. The average molecular weight is 311 g/mol. The van der Waals surface area contributed by atoms with Gasteiger partial charge in [-0.3, -0.25) is 10.1 Å². The molecule has 1 aromatic heterocycles. The number of hydrogen-bond donors (Lipinski definition) is 2. The third-order valence-corrected chi connectivity index (χ3v) is 3.83. The Hall–Kier alpha value is -1.66. The van der Waals surface area contributed by atoms with Gasteiger partial charge >= 0.3 is 0 Å². The zero-order chi connectivity index (χ0) is 14.7. The molecule has 5 nitrogen and oxygen atoms in total. The fourth-order valence-electron chi connectivity index (χ4n) is 1.63. The molecule has 0 saturated heterocycles. The number of carbonyl (C=O) groups excluding carboxylic acids is 1. The van der Waals surface area contributed by atoms with Crippen molar-refractivity contribution in [2.24, 2.45) is 5.92 Å². The summed E-state index contributed by atoms with van der Waals surface area (Å²) in [6.45, 7) is 4.21. The van der Waals surface area contributed by atoms with Gasteiger partial charge in [-0.15, -0.1) is 10.2 Å². The highest BCUT2D eigenvalue weighted by Gasteiger charge is 2.14. The van der Waals surface area contributed by atoms with Crippen LogP contribution < -0.4 is 11.1 Å². The third kappa shape index (κ3) is 3.46. The van der Waals surface area contributed by atoms with Crippen LogP contribution in [0.4, 0.5) is 10.8 Å². The fourth-order valence-corrected chi connectivity index (χ4v) is 2.78. The maximum Gasteiger partial charge on any atom is 0.259 e. The van der Waals surface area contributed by atoms with E-state index >= 15 is 0 Å². The van der Waals surface area contributed by atoms with Gasteiger partial charge < -0.3 is 5.73 Å². The van der Waals surface area contributed by atoms with Crippen LogP contribution in [0.15, 0.2) is 18.2 Å². The Balaban J connectivity index is 2.11. The maximum atomic E-state index is 12.1. The van der Waals surface area contributed by atoms with Crippen LogP contribution in [-0.2, 0) is 6.42 Å². The van der Waals surface area contributed by atoms with Gasteiger partial charge in [0.1, 0.15) is 5.01 Å². The zero-order valence-electron chi connectivity index (χ0n) is 11.2. The van der Waals surface area contributed by atoms with Crippen LogP contribution in [0.1, 0.15) is 29.2 Å². The van der Waals surface area contributed by atoms with Crippen molar-refractivity contribution in [1.82, 2.24) is 10.2 Å². The van der Waals surface area contributed by atoms with E-state index in [0.717, 1.165) is 11.4 Å². The van der Waals surface area contributed by atoms with Crippen molar-refractivity contribution >= 4 is 39.7 Å². The lowest BCUT2D eigenvalue weighted by Gasteiger charge is -2.05. The molecule has 106 valence electrons. The molecule has 0 aliphatic heterocycles. The SMILES string of the molecule is CC(C)Cc1nnc(NC(=O)c2cccc(N)c2Cl)s1.